The minimum absolute atomic E-state index is 0.0270. The third-order valence-corrected chi connectivity index (χ3v) is 9.30. The fraction of sp³-hybridized carbons (Fsp3) is 0.421. The van der Waals surface area contributed by atoms with Crippen LogP contribution in [0.15, 0.2) is 50.6 Å². The van der Waals surface area contributed by atoms with Crippen LogP contribution in [-0.2, 0) is 14.3 Å². The number of allylic oxidation sites excluding steroid dienone is 1. The number of unbranched alkanes of at least 4 members (excludes halogenated alkanes) is 11. The Hall–Kier alpha value is -7.00. The molecule has 4 nitrogen and oxygen atoms in total. The zero-order valence-corrected chi connectivity index (χ0v) is 36.4. The molecule has 2 unspecified atom stereocenters. The Morgan fingerprint density at radius 2 is 1.00 bits per heavy atom. The zero-order valence-electron chi connectivity index (χ0n) is 36.4. The van der Waals surface area contributed by atoms with Crippen LogP contribution in [0.1, 0.15) is 104 Å². The number of carbonyl (C=O) groups is 1. The van der Waals surface area contributed by atoms with Gasteiger partial charge in [-0.2, -0.15) is 0 Å². The van der Waals surface area contributed by atoms with Crippen molar-refractivity contribution in [3.05, 3.63) is 50.6 Å². The van der Waals surface area contributed by atoms with Crippen LogP contribution in [0, 0.1) is 160 Å². The molecule has 62 heavy (non-hydrogen) atoms. The molecule has 0 saturated carbocycles. The minimum atomic E-state index is -1.36. The monoisotopic (exact) mass is 821 g/mol. The second-order valence-corrected chi connectivity index (χ2v) is 13.7. The van der Waals surface area contributed by atoms with Crippen LogP contribution in [0.2, 0.25) is 0 Å². The van der Waals surface area contributed by atoms with E-state index < -0.39 is 24.4 Å². The van der Waals surface area contributed by atoms with Crippen LogP contribution in [0.4, 0.5) is 4.39 Å². The van der Waals surface area contributed by atoms with E-state index in [9.17, 15) is 4.79 Å². The van der Waals surface area contributed by atoms with Gasteiger partial charge < -0.3 is 14.8 Å². The van der Waals surface area contributed by atoms with E-state index in [2.05, 4.69) is 181 Å². The van der Waals surface area contributed by atoms with Gasteiger partial charge in [-0.3, -0.25) is 4.79 Å². The van der Waals surface area contributed by atoms with Crippen molar-refractivity contribution in [1.29, 1.82) is 0 Å². The van der Waals surface area contributed by atoms with E-state index in [1.54, 1.807) is 19.1 Å². The summed E-state index contributed by atoms with van der Waals surface area (Å²) in [5, 5.41) is 2.70. The maximum atomic E-state index is 15.9. The van der Waals surface area contributed by atoms with Crippen LogP contribution in [0.25, 0.3) is 0 Å². The number of hydrogen-bond donors (Lipinski definition) is 1. The average Bonchev–Trinajstić information content (AvgIpc) is 3.28. The van der Waals surface area contributed by atoms with Crippen LogP contribution in [0.5, 0.6) is 0 Å². The molecule has 1 amide bonds. The summed E-state index contributed by atoms with van der Waals surface area (Å²) in [6.45, 7) is 19.7. The summed E-state index contributed by atoms with van der Waals surface area (Å²) in [6, 6.07) is -0.964. The third kappa shape index (κ3) is 26.2. The van der Waals surface area contributed by atoms with Crippen molar-refractivity contribution in [2.45, 2.75) is 128 Å². The summed E-state index contributed by atoms with van der Waals surface area (Å²) >= 11 is 0. The maximum Gasteiger partial charge on any atom is 0.297 e. The molecule has 314 valence electrons. The van der Waals surface area contributed by atoms with Crippen LogP contribution >= 0.6 is 0 Å². The van der Waals surface area contributed by atoms with Crippen molar-refractivity contribution in [2.24, 2.45) is 17.8 Å². The number of nitrogens with one attached hydrogen (secondary N) is 1. The number of ether oxygens (including phenoxy) is 2. The van der Waals surface area contributed by atoms with E-state index in [0.717, 1.165) is 19.3 Å². The standard InChI is InChI=1S/C57H56FNO3/c1-7-13-15-17-19-21-23-25-26-27-28-29-30-31-32-33-34-35-37-39-41-43-45-48-56(60)59-54(53(58)47-44-42-40-38-36-24-22-20-18-16-14-8-2)49-61-57-52(12-6)50(10-4)51(11-5)55(62-57)46-9-3/h9-12,50-55,57H,3-6,8,14,16,18,20,22,24,36,38,40,42,44,46-47,49H2,1-2H3,(H,59,60)/t50-,51+,52?,53+,54-,55?,57-/m0/s1. The molecule has 1 fully saturated rings. The van der Waals surface area contributed by atoms with Gasteiger partial charge in [-0.1, -0.05) is 114 Å². The fourth-order valence-electron chi connectivity index (χ4n) is 6.25. The van der Waals surface area contributed by atoms with E-state index in [4.69, 9.17) is 9.47 Å². The van der Waals surface area contributed by atoms with Gasteiger partial charge in [0.25, 0.3) is 5.91 Å². The van der Waals surface area contributed by atoms with Gasteiger partial charge in [-0.15, -0.1) is 26.3 Å². The predicted octanol–water partition coefficient (Wildman–Crippen LogP) is 8.69. The molecule has 0 bridgehead atoms. The molecule has 0 aromatic heterocycles. The molecular formula is C57H56FNO3. The Morgan fingerprint density at radius 3 is 1.40 bits per heavy atom. The fourth-order valence-corrected chi connectivity index (χ4v) is 6.25. The largest absolute Gasteiger partial charge is 0.350 e. The Balaban J connectivity index is 2.84. The SMILES string of the molecule is C=CCC1O[C@H](OC[C@H](NC(=O)C#CC#CC#CC#CC#CC#CC#CC#CC#CC#CC#CC#CC)[C@H](F)CCCCCCCCCCCCCC)C(C=C)[C@@H](C=C)[C@H]1C=C. The van der Waals surface area contributed by atoms with Crippen molar-refractivity contribution >= 4 is 5.91 Å². The Labute approximate surface area is 374 Å². The first-order valence-electron chi connectivity index (χ1n) is 21.1. The van der Waals surface area contributed by atoms with Crippen molar-refractivity contribution in [2.75, 3.05) is 6.61 Å². The number of alkyl halides is 1. The van der Waals surface area contributed by atoms with Crippen molar-refractivity contribution in [3.63, 3.8) is 0 Å². The molecule has 1 aliphatic heterocycles. The lowest BCUT2D eigenvalue weighted by Gasteiger charge is -2.44. The first kappa shape index (κ1) is 53.0. The molecule has 1 heterocycles. The van der Waals surface area contributed by atoms with Crippen molar-refractivity contribution in [1.82, 2.24) is 5.32 Å². The lowest BCUT2D eigenvalue weighted by Crippen LogP contribution is -2.50. The molecule has 5 heteroatoms. The Morgan fingerprint density at radius 1 is 0.597 bits per heavy atom. The summed E-state index contributed by atoms with van der Waals surface area (Å²) < 4.78 is 28.4. The topological polar surface area (TPSA) is 47.6 Å². The molecule has 0 spiro atoms. The van der Waals surface area contributed by atoms with Gasteiger partial charge in [-0.25, -0.2) is 4.39 Å². The van der Waals surface area contributed by atoms with Crippen LogP contribution in [0.3, 0.4) is 0 Å². The predicted molar refractivity (Wildman–Crippen MR) is 252 cm³/mol. The number of hydrogen-bond acceptors (Lipinski definition) is 3. The highest BCUT2D eigenvalue weighted by Gasteiger charge is 2.42. The smallest absolute Gasteiger partial charge is 0.297 e. The molecule has 0 aliphatic carbocycles. The molecule has 7 atom stereocenters. The normalized spacial score (nSPS) is 16.7. The molecule has 0 aromatic carbocycles. The Bertz CT molecular complexity index is 2280. The highest BCUT2D eigenvalue weighted by molar-refractivity contribution is 5.94. The first-order chi connectivity index (χ1) is 30.5. The molecule has 1 N–H and O–H groups in total. The van der Waals surface area contributed by atoms with Gasteiger partial charge in [0.2, 0.25) is 0 Å². The van der Waals surface area contributed by atoms with Crippen molar-refractivity contribution < 1.29 is 18.7 Å². The summed E-state index contributed by atoms with van der Waals surface area (Å²) in [5.74, 6) is 59.4. The third-order valence-electron chi connectivity index (χ3n) is 9.30. The van der Waals surface area contributed by atoms with E-state index in [1.165, 1.54) is 51.4 Å². The summed E-state index contributed by atoms with van der Waals surface area (Å²) in [4.78, 5) is 12.9. The number of carbonyl (C=O) groups excluding carboxylic acids is 1. The molecular weight excluding hydrogens is 766 g/mol. The molecule has 0 radical (unpaired) electrons. The number of rotatable bonds is 23. The van der Waals surface area contributed by atoms with E-state index in [0.29, 0.717) is 12.8 Å². The lowest BCUT2D eigenvalue weighted by molar-refractivity contribution is -0.236. The van der Waals surface area contributed by atoms with E-state index >= 15 is 4.39 Å². The number of amides is 1. The lowest BCUT2D eigenvalue weighted by atomic mass is 9.75. The minimum Gasteiger partial charge on any atom is -0.350 e. The summed E-state index contributed by atoms with van der Waals surface area (Å²) in [5.41, 5.74) is 0. The van der Waals surface area contributed by atoms with E-state index in [1.807, 2.05) is 12.2 Å². The number of halogens is 1. The van der Waals surface area contributed by atoms with Gasteiger partial charge in [0, 0.05) is 53.3 Å². The summed E-state index contributed by atoms with van der Waals surface area (Å²) in [7, 11) is 0. The van der Waals surface area contributed by atoms with Gasteiger partial charge in [-0.05, 0) is 120 Å². The highest BCUT2D eigenvalue weighted by Crippen LogP contribution is 2.39. The quantitative estimate of drug-likeness (QED) is 0.0638. The summed E-state index contributed by atoms with van der Waals surface area (Å²) in [6.07, 6.45) is 19.9. The molecule has 1 rings (SSSR count). The van der Waals surface area contributed by atoms with Gasteiger partial charge in [0.05, 0.1) is 18.8 Å². The first-order valence-corrected chi connectivity index (χ1v) is 21.1. The molecule has 1 saturated heterocycles. The van der Waals surface area contributed by atoms with Gasteiger partial charge in [0.1, 0.15) is 6.17 Å². The second kappa shape index (κ2) is 38.2. The molecule has 0 aromatic rings. The van der Waals surface area contributed by atoms with Crippen LogP contribution < -0.4 is 5.32 Å². The highest BCUT2D eigenvalue weighted by atomic mass is 19.1. The second-order valence-electron chi connectivity index (χ2n) is 13.7. The van der Waals surface area contributed by atoms with E-state index in [-0.39, 0.29) is 36.9 Å². The van der Waals surface area contributed by atoms with Crippen molar-refractivity contribution in [3.8, 4) is 142 Å². The zero-order chi connectivity index (χ0) is 45.1. The molecule has 1 aliphatic rings. The maximum absolute atomic E-state index is 15.9. The van der Waals surface area contributed by atoms with Gasteiger partial charge in [0.15, 0.2) is 6.29 Å². The average molecular weight is 822 g/mol. The van der Waals surface area contributed by atoms with Gasteiger partial charge >= 0.3 is 0 Å². The Kier molecular flexibility index (Phi) is 32.7. The van der Waals surface area contributed by atoms with Crippen LogP contribution in [-0.4, -0.2) is 37.1 Å².